The first kappa shape index (κ1) is 18.8. The van der Waals surface area contributed by atoms with Crippen molar-refractivity contribution in [3.8, 4) is 0 Å². The number of aromatic nitrogens is 2. The molecule has 2 unspecified atom stereocenters. The second kappa shape index (κ2) is 9.67. The van der Waals surface area contributed by atoms with E-state index in [0.717, 1.165) is 23.6 Å². The Morgan fingerprint density at radius 1 is 1.31 bits per heavy atom. The molecule has 6 heteroatoms. The van der Waals surface area contributed by atoms with Crippen molar-refractivity contribution in [1.29, 1.82) is 0 Å². The zero-order chi connectivity index (χ0) is 18.2. The van der Waals surface area contributed by atoms with Gasteiger partial charge in [-0.1, -0.05) is 37.3 Å². The molecule has 1 fully saturated rings. The van der Waals surface area contributed by atoms with Crippen LogP contribution in [0.5, 0.6) is 0 Å². The lowest BCUT2D eigenvalue weighted by Crippen LogP contribution is -2.42. The van der Waals surface area contributed by atoms with Crippen molar-refractivity contribution in [3.05, 3.63) is 54.1 Å². The minimum absolute atomic E-state index is 0.523. The van der Waals surface area contributed by atoms with E-state index in [1.807, 2.05) is 25.5 Å². The first-order valence-corrected chi connectivity index (χ1v) is 10.5. The van der Waals surface area contributed by atoms with Crippen LogP contribution >= 0.6 is 11.8 Å². The lowest BCUT2D eigenvalue weighted by molar-refractivity contribution is 0.608. The number of thioether (sulfide) groups is 1. The van der Waals surface area contributed by atoms with E-state index in [4.69, 9.17) is 0 Å². The van der Waals surface area contributed by atoms with Crippen LogP contribution in [0, 0.1) is 0 Å². The fourth-order valence-electron chi connectivity index (χ4n) is 3.44. The molecule has 2 N–H and O–H groups in total. The fraction of sp³-hybridized carbons (Fsp3) is 0.500. The Balaban J connectivity index is 1.51. The Hall–Kier alpha value is -1.95. The van der Waals surface area contributed by atoms with Crippen LogP contribution in [0.25, 0.3) is 0 Å². The second-order valence-electron chi connectivity index (χ2n) is 6.61. The Morgan fingerprint density at radius 3 is 2.92 bits per heavy atom. The molecule has 0 bridgehead atoms. The van der Waals surface area contributed by atoms with E-state index in [1.165, 1.54) is 30.6 Å². The molecular formula is C20H29N5S. The van der Waals surface area contributed by atoms with Crippen LogP contribution < -0.4 is 10.6 Å². The maximum atomic E-state index is 4.50. The van der Waals surface area contributed by atoms with Gasteiger partial charge >= 0.3 is 0 Å². The van der Waals surface area contributed by atoms with Gasteiger partial charge in [0, 0.05) is 37.3 Å². The van der Waals surface area contributed by atoms with Crippen molar-refractivity contribution in [1.82, 2.24) is 20.2 Å². The molecule has 0 radical (unpaired) electrons. The molecule has 0 amide bonds. The van der Waals surface area contributed by atoms with E-state index < -0.39 is 0 Å². The third-order valence-corrected chi connectivity index (χ3v) is 6.00. The number of nitrogens with zero attached hydrogens (tertiary/aromatic N) is 3. The number of aliphatic imine (C=N–C) groups is 1. The molecule has 5 nitrogen and oxygen atoms in total. The van der Waals surface area contributed by atoms with Crippen molar-refractivity contribution >= 4 is 17.7 Å². The van der Waals surface area contributed by atoms with Crippen LogP contribution in [0.1, 0.15) is 37.6 Å². The highest BCUT2D eigenvalue weighted by atomic mass is 32.2. The zero-order valence-corrected chi connectivity index (χ0v) is 16.5. The maximum absolute atomic E-state index is 4.50. The molecule has 0 saturated heterocycles. The van der Waals surface area contributed by atoms with Gasteiger partial charge in [-0.15, -0.1) is 0 Å². The molecule has 1 saturated carbocycles. The summed E-state index contributed by atoms with van der Waals surface area (Å²) in [6.45, 7) is 3.74. The Bertz CT molecular complexity index is 697. The van der Waals surface area contributed by atoms with Gasteiger partial charge in [0.15, 0.2) is 5.96 Å². The van der Waals surface area contributed by atoms with Crippen LogP contribution in [0.4, 0.5) is 0 Å². The van der Waals surface area contributed by atoms with Crippen molar-refractivity contribution < 1.29 is 0 Å². The van der Waals surface area contributed by atoms with Gasteiger partial charge < -0.3 is 15.2 Å². The molecule has 0 aliphatic heterocycles. The van der Waals surface area contributed by atoms with Crippen molar-refractivity contribution in [2.75, 3.05) is 12.8 Å². The number of hydrogen-bond acceptors (Lipinski definition) is 3. The summed E-state index contributed by atoms with van der Waals surface area (Å²) in [5, 5.41) is 7.79. The van der Waals surface area contributed by atoms with Crippen molar-refractivity contribution in [2.45, 2.75) is 50.6 Å². The zero-order valence-electron chi connectivity index (χ0n) is 15.7. The van der Waals surface area contributed by atoms with Crippen LogP contribution in [-0.2, 0) is 13.1 Å². The van der Waals surface area contributed by atoms with E-state index in [9.17, 15) is 0 Å². The van der Waals surface area contributed by atoms with Gasteiger partial charge in [0.25, 0.3) is 0 Å². The molecule has 0 spiro atoms. The number of guanidine groups is 1. The SMILES string of the molecule is CCSC1CCC(NC(=NC)NCc2nccn2Cc2ccccc2)C1. The summed E-state index contributed by atoms with van der Waals surface area (Å²) in [5.41, 5.74) is 1.28. The van der Waals surface area contributed by atoms with Gasteiger partial charge in [0.05, 0.1) is 6.54 Å². The Morgan fingerprint density at radius 2 is 2.15 bits per heavy atom. The summed E-state index contributed by atoms with van der Waals surface area (Å²) in [7, 11) is 1.83. The minimum atomic E-state index is 0.523. The summed E-state index contributed by atoms with van der Waals surface area (Å²) in [5.74, 6) is 3.09. The maximum Gasteiger partial charge on any atom is 0.191 e. The molecule has 1 aliphatic rings. The number of imidazole rings is 1. The third-order valence-electron chi connectivity index (χ3n) is 4.76. The van der Waals surface area contributed by atoms with Gasteiger partial charge in [-0.3, -0.25) is 4.99 Å². The summed E-state index contributed by atoms with van der Waals surface area (Å²) < 4.78 is 2.18. The van der Waals surface area contributed by atoms with Gasteiger partial charge in [0.1, 0.15) is 5.82 Å². The summed E-state index contributed by atoms with van der Waals surface area (Å²) >= 11 is 2.08. The highest BCUT2D eigenvalue weighted by Crippen LogP contribution is 2.29. The third kappa shape index (κ3) is 5.27. The van der Waals surface area contributed by atoms with Gasteiger partial charge in [-0.25, -0.2) is 4.98 Å². The topological polar surface area (TPSA) is 54.2 Å². The molecule has 1 aliphatic carbocycles. The Labute approximate surface area is 160 Å². The minimum Gasteiger partial charge on any atom is -0.354 e. The largest absolute Gasteiger partial charge is 0.354 e. The normalized spacial score (nSPS) is 20.3. The van der Waals surface area contributed by atoms with E-state index in [0.29, 0.717) is 12.6 Å². The molecular weight excluding hydrogens is 342 g/mol. The monoisotopic (exact) mass is 371 g/mol. The molecule has 2 atom stereocenters. The lowest BCUT2D eigenvalue weighted by Gasteiger charge is -2.17. The molecule has 1 aromatic heterocycles. The number of nitrogens with one attached hydrogen (secondary N) is 2. The van der Waals surface area contributed by atoms with Crippen LogP contribution in [0.2, 0.25) is 0 Å². The predicted octanol–water partition coefficient (Wildman–Crippen LogP) is 3.27. The molecule has 1 heterocycles. The van der Waals surface area contributed by atoms with Crippen LogP contribution in [-0.4, -0.2) is 39.6 Å². The van der Waals surface area contributed by atoms with Gasteiger partial charge in [-0.2, -0.15) is 11.8 Å². The first-order chi connectivity index (χ1) is 12.8. The van der Waals surface area contributed by atoms with Crippen LogP contribution in [0.3, 0.4) is 0 Å². The van der Waals surface area contributed by atoms with Crippen molar-refractivity contribution in [2.24, 2.45) is 4.99 Å². The van der Waals surface area contributed by atoms with Crippen molar-refractivity contribution in [3.63, 3.8) is 0 Å². The lowest BCUT2D eigenvalue weighted by atomic mass is 10.2. The highest BCUT2D eigenvalue weighted by molar-refractivity contribution is 7.99. The average Bonchev–Trinajstić information content (AvgIpc) is 3.29. The predicted molar refractivity (Wildman–Crippen MR) is 111 cm³/mol. The molecule has 3 rings (SSSR count). The smallest absolute Gasteiger partial charge is 0.191 e. The summed E-state index contributed by atoms with van der Waals surface area (Å²) in [6.07, 6.45) is 7.64. The number of hydrogen-bond donors (Lipinski definition) is 2. The molecule has 140 valence electrons. The van der Waals surface area contributed by atoms with Crippen LogP contribution in [0.15, 0.2) is 47.7 Å². The average molecular weight is 372 g/mol. The van der Waals surface area contributed by atoms with Gasteiger partial charge in [0.2, 0.25) is 0 Å². The summed E-state index contributed by atoms with van der Waals surface area (Å²) in [4.78, 5) is 8.89. The van der Waals surface area contributed by atoms with E-state index in [2.05, 4.69) is 68.1 Å². The molecule has 1 aromatic carbocycles. The fourth-order valence-corrected chi connectivity index (χ4v) is 4.58. The van der Waals surface area contributed by atoms with E-state index >= 15 is 0 Å². The molecule has 26 heavy (non-hydrogen) atoms. The summed E-state index contributed by atoms with van der Waals surface area (Å²) in [6, 6.07) is 11.0. The highest BCUT2D eigenvalue weighted by Gasteiger charge is 2.25. The van der Waals surface area contributed by atoms with Gasteiger partial charge in [-0.05, 0) is 30.6 Å². The quantitative estimate of drug-likeness (QED) is 0.579. The first-order valence-electron chi connectivity index (χ1n) is 9.41. The second-order valence-corrected chi connectivity index (χ2v) is 8.19. The standard InChI is InChI=1S/C20H29N5S/c1-3-26-18-10-9-17(13-18)24-20(21-2)23-14-19-22-11-12-25(19)15-16-7-5-4-6-8-16/h4-8,11-12,17-18H,3,9-10,13-15H2,1-2H3,(H2,21,23,24). The number of rotatable bonds is 7. The van der Waals surface area contributed by atoms with E-state index in [-0.39, 0.29) is 0 Å². The van der Waals surface area contributed by atoms with E-state index in [1.54, 1.807) is 0 Å². The number of benzene rings is 1. The molecule has 2 aromatic rings. The Kier molecular flexibility index (Phi) is 7.00.